The van der Waals surface area contributed by atoms with Gasteiger partial charge < -0.3 is 0 Å². The van der Waals surface area contributed by atoms with Crippen LogP contribution in [0.25, 0.3) is 10.8 Å². The Labute approximate surface area is 124 Å². The van der Waals surface area contributed by atoms with Crippen LogP contribution in [0.3, 0.4) is 0 Å². The molecule has 0 amide bonds. The Balaban J connectivity index is 2.09. The number of ketones is 1. The fourth-order valence-electron chi connectivity index (χ4n) is 2.09. The van der Waals surface area contributed by atoms with Crippen molar-refractivity contribution in [3.8, 4) is 0 Å². The molecule has 1 aromatic heterocycles. The van der Waals surface area contributed by atoms with E-state index < -0.39 is 0 Å². The van der Waals surface area contributed by atoms with Crippen LogP contribution in [0.5, 0.6) is 0 Å². The predicted molar refractivity (Wildman–Crippen MR) is 84.1 cm³/mol. The Kier molecular flexibility index (Phi) is 3.25. The van der Waals surface area contributed by atoms with E-state index in [1.54, 1.807) is 0 Å². The number of carbonyl (C=O) groups is 1. The molecule has 1 nitrogen and oxygen atoms in total. The minimum Gasteiger partial charge on any atom is -0.288 e. The molecular weight excluding hydrogens is 320 g/mol. The van der Waals surface area contributed by atoms with Crippen LogP contribution < -0.4 is 0 Å². The van der Waals surface area contributed by atoms with Gasteiger partial charge in [0.1, 0.15) is 0 Å². The van der Waals surface area contributed by atoms with E-state index in [1.165, 1.54) is 11.3 Å². The van der Waals surface area contributed by atoms with Gasteiger partial charge in [0, 0.05) is 10.0 Å². The van der Waals surface area contributed by atoms with Crippen molar-refractivity contribution in [2.45, 2.75) is 6.92 Å². The zero-order valence-electron chi connectivity index (χ0n) is 10.3. The highest BCUT2D eigenvalue weighted by Gasteiger charge is 2.13. The van der Waals surface area contributed by atoms with Crippen LogP contribution in [0.4, 0.5) is 0 Å². The fourth-order valence-corrected chi connectivity index (χ4v) is 3.36. The maximum atomic E-state index is 12.4. The smallest absolute Gasteiger partial charge is 0.203 e. The quantitative estimate of drug-likeness (QED) is 0.590. The molecular formula is C16H11BrOS. The van der Waals surface area contributed by atoms with Gasteiger partial charge in [-0.15, -0.1) is 11.3 Å². The molecule has 0 N–H and O–H groups in total. The van der Waals surface area contributed by atoms with E-state index in [0.29, 0.717) is 0 Å². The van der Waals surface area contributed by atoms with Gasteiger partial charge in [0.2, 0.25) is 5.78 Å². The Morgan fingerprint density at radius 2 is 1.79 bits per heavy atom. The van der Waals surface area contributed by atoms with Gasteiger partial charge >= 0.3 is 0 Å². The second kappa shape index (κ2) is 4.91. The first-order valence-electron chi connectivity index (χ1n) is 5.93. The Morgan fingerprint density at radius 1 is 1.05 bits per heavy atom. The van der Waals surface area contributed by atoms with E-state index in [4.69, 9.17) is 0 Å². The molecule has 0 spiro atoms. The molecule has 3 rings (SSSR count). The van der Waals surface area contributed by atoms with E-state index in [2.05, 4.69) is 22.0 Å². The monoisotopic (exact) mass is 330 g/mol. The molecule has 2 aromatic carbocycles. The molecule has 0 saturated heterocycles. The van der Waals surface area contributed by atoms with Crippen molar-refractivity contribution in [3.05, 3.63) is 68.3 Å². The van der Waals surface area contributed by atoms with Crippen LogP contribution in [-0.2, 0) is 0 Å². The van der Waals surface area contributed by atoms with E-state index in [0.717, 1.165) is 31.2 Å². The standard InChI is InChI=1S/C16H11BrOS/c1-10-6-7-19-16(10)15(18)13-3-2-12-9-14(17)5-4-11(12)8-13/h2-9H,1H3. The number of hydrogen-bond donors (Lipinski definition) is 0. The Morgan fingerprint density at radius 3 is 2.53 bits per heavy atom. The molecule has 19 heavy (non-hydrogen) atoms. The summed E-state index contributed by atoms with van der Waals surface area (Å²) in [5, 5.41) is 4.18. The lowest BCUT2D eigenvalue weighted by Crippen LogP contribution is -2.00. The number of halogens is 1. The maximum absolute atomic E-state index is 12.4. The van der Waals surface area contributed by atoms with Gasteiger partial charge in [0.15, 0.2) is 0 Å². The average Bonchev–Trinajstić information content (AvgIpc) is 2.83. The summed E-state index contributed by atoms with van der Waals surface area (Å²) in [6, 6.07) is 13.9. The third-order valence-corrected chi connectivity index (χ3v) is 4.64. The number of rotatable bonds is 2. The highest BCUT2D eigenvalue weighted by atomic mass is 79.9. The van der Waals surface area contributed by atoms with Crippen molar-refractivity contribution in [3.63, 3.8) is 0 Å². The highest BCUT2D eigenvalue weighted by molar-refractivity contribution is 9.10. The zero-order valence-corrected chi connectivity index (χ0v) is 12.7. The number of aryl methyl sites for hydroxylation is 1. The summed E-state index contributed by atoms with van der Waals surface area (Å²) in [5.41, 5.74) is 1.80. The number of thiophene rings is 1. The molecule has 0 aliphatic carbocycles. The number of fused-ring (bicyclic) bond motifs is 1. The second-order valence-corrected chi connectivity index (χ2v) is 6.30. The van der Waals surface area contributed by atoms with Gasteiger partial charge in [-0.2, -0.15) is 0 Å². The first kappa shape index (κ1) is 12.6. The Bertz CT molecular complexity index is 773. The van der Waals surface area contributed by atoms with Crippen molar-refractivity contribution in [1.29, 1.82) is 0 Å². The fraction of sp³-hybridized carbons (Fsp3) is 0.0625. The summed E-state index contributed by atoms with van der Waals surface area (Å²) in [6.07, 6.45) is 0. The van der Waals surface area contributed by atoms with Gasteiger partial charge in [-0.05, 0) is 52.9 Å². The first-order valence-corrected chi connectivity index (χ1v) is 7.60. The molecule has 3 heteroatoms. The van der Waals surface area contributed by atoms with Crippen LogP contribution in [0.15, 0.2) is 52.3 Å². The molecule has 0 aliphatic rings. The van der Waals surface area contributed by atoms with Crippen molar-refractivity contribution in [1.82, 2.24) is 0 Å². The van der Waals surface area contributed by atoms with Crippen molar-refractivity contribution in [2.75, 3.05) is 0 Å². The first-order chi connectivity index (χ1) is 9.15. The summed E-state index contributed by atoms with van der Waals surface area (Å²) in [5.74, 6) is 0.109. The van der Waals surface area contributed by atoms with Gasteiger partial charge in [-0.25, -0.2) is 0 Å². The van der Waals surface area contributed by atoms with Crippen molar-refractivity contribution < 1.29 is 4.79 Å². The van der Waals surface area contributed by atoms with Crippen molar-refractivity contribution >= 4 is 43.8 Å². The van der Waals surface area contributed by atoms with Crippen LogP contribution in [0.1, 0.15) is 20.8 Å². The van der Waals surface area contributed by atoms with Crippen molar-refractivity contribution in [2.24, 2.45) is 0 Å². The summed E-state index contributed by atoms with van der Waals surface area (Å²) in [7, 11) is 0. The Hall–Kier alpha value is -1.45. The predicted octanol–water partition coefficient (Wildman–Crippen LogP) is 5.20. The van der Waals surface area contributed by atoms with Gasteiger partial charge in [-0.1, -0.05) is 34.1 Å². The van der Waals surface area contributed by atoms with Crippen LogP contribution in [0.2, 0.25) is 0 Å². The lowest BCUT2D eigenvalue weighted by Gasteiger charge is -2.03. The number of hydrogen-bond acceptors (Lipinski definition) is 2. The molecule has 0 fully saturated rings. The lowest BCUT2D eigenvalue weighted by atomic mass is 10.0. The molecule has 0 aliphatic heterocycles. The summed E-state index contributed by atoms with van der Waals surface area (Å²) >= 11 is 4.96. The average molecular weight is 331 g/mol. The third kappa shape index (κ3) is 2.36. The normalized spacial score (nSPS) is 10.8. The van der Waals surface area contributed by atoms with E-state index >= 15 is 0 Å². The molecule has 94 valence electrons. The van der Waals surface area contributed by atoms with E-state index in [-0.39, 0.29) is 5.78 Å². The van der Waals surface area contributed by atoms with E-state index in [9.17, 15) is 4.79 Å². The molecule has 3 aromatic rings. The minimum atomic E-state index is 0.109. The lowest BCUT2D eigenvalue weighted by molar-refractivity contribution is 0.104. The molecule has 0 unspecified atom stereocenters. The van der Waals surface area contributed by atoms with Gasteiger partial charge in [-0.3, -0.25) is 4.79 Å². The summed E-state index contributed by atoms with van der Waals surface area (Å²) < 4.78 is 1.05. The van der Waals surface area contributed by atoms with Crippen LogP contribution >= 0.6 is 27.3 Å². The number of benzene rings is 2. The minimum absolute atomic E-state index is 0.109. The second-order valence-electron chi connectivity index (χ2n) is 4.47. The summed E-state index contributed by atoms with van der Waals surface area (Å²) in [6.45, 7) is 1.97. The third-order valence-electron chi connectivity index (χ3n) is 3.13. The molecule has 0 bridgehead atoms. The SMILES string of the molecule is Cc1ccsc1C(=O)c1ccc2cc(Br)ccc2c1. The van der Waals surface area contributed by atoms with Gasteiger partial charge in [0.25, 0.3) is 0 Å². The molecule has 0 radical (unpaired) electrons. The largest absolute Gasteiger partial charge is 0.288 e. The van der Waals surface area contributed by atoms with Crippen LogP contribution in [-0.4, -0.2) is 5.78 Å². The highest BCUT2D eigenvalue weighted by Crippen LogP contribution is 2.24. The maximum Gasteiger partial charge on any atom is 0.203 e. The molecule has 1 heterocycles. The molecule has 0 saturated carbocycles. The summed E-state index contributed by atoms with van der Waals surface area (Å²) in [4.78, 5) is 13.3. The van der Waals surface area contributed by atoms with Gasteiger partial charge in [0.05, 0.1) is 4.88 Å². The number of carbonyl (C=O) groups excluding carboxylic acids is 1. The topological polar surface area (TPSA) is 17.1 Å². The van der Waals surface area contributed by atoms with E-state index in [1.807, 2.05) is 48.7 Å². The zero-order chi connectivity index (χ0) is 13.4. The molecule has 0 atom stereocenters. The van der Waals surface area contributed by atoms with Crippen LogP contribution in [0, 0.1) is 6.92 Å².